The number of sulfonamides is 1. The van der Waals surface area contributed by atoms with Gasteiger partial charge in [0.2, 0.25) is 15.9 Å². The lowest BCUT2D eigenvalue weighted by Gasteiger charge is -2.20. The molecule has 2 aromatic rings. The van der Waals surface area contributed by atoms with Crippen molar-refractivity contribution < 1.29 is 13.2 Å². The number of nitrogens with zero attached hydrogens (tertiary/aromatic N) is 3. The SMILES string of the molecule is CCN(CC)S(=O)(=O)c1cc(NC(=O)[C@H](C)Sc2ncn[nH]2)ccc1C. The first kappa shape index (κ1) is 20.4. The molecule has 1 atom stereocenters. The maximum Gasteiger partial charge on any atom is 0.243 e. The fourth-order valence-corrected chi connectivity index (χ4v) is 4.80. The largest absolute Gasteiger partial charge is 0.325 e. The van der Waals surface area contributed by atoms with Gasteiger partial charge in [-0.25, -0.2) is 13.4 Å². The van der Waals surface area contributed by atoms with Crippen molar-refractivity contribution in [2.75, 3.05) is 18.4 Å². The Morgan fingerprint density at radius 2 is 2.04 bits per heavy atom. The van der Waals surface area contributed by atoms with Crippen LogP contribution >= 0.6 is 11.8 Å². The number of benzene rings is 1. The molecule has 0 spiro atoms. The van der Waals surface area contributed by atoms with Gasteiger partial charge >= 0.3 is 0 Å². The average Bonchev–Trinajstić information content (AvgIpc) is 3.10. The van der Waals surface area contributed by atoms with E-state index in [1.807, 2.05) is 0 Å². The number of H-pyrrole nitrogens is 1. The van der Waals surface area contributed by atoms with Crippen molar-refractivity contribution >= 4 is 33.4 Å². The number of hydrogen-bond donors (Lipinski definition) is 2. The highest BCUT2D eigenvalue weighted by Crippen LogP contribution is 2.25. The van der Waals surface area contributed by atoms with E-state index < -0.39 is 15.3 Å². The van der Waals surface area contributed by atoms with Crippen molar-refractivity contribution in [3.8, 4) is 0 Å². The molecular formula is C16H23N5O3S2. The van der Waals surface area contributed by atoms with E-state index in [0.29, 0.717) is 29.5 Å². The van der Waals surface area contributed by atoms with Gasteiger partial charge in [-0.05, 0) is 31.5 Å². The zero-order valence-corrected chi connectivity index (χ0v) is 16.8. The zero-order chi connectivity index (χ0) is 19.3. The molecule has 8 nitrogen and oxygen atoms in total. The van der Waals surface area contributed by atoms with E-state index in [0.717, 1.165) is 0 Å². The molecule has 2 N–H and O–H groups in total. The summed E-state index contributed by atoms with van der Waals surface area (Å²) in [7, 11) is -3.60. The summed E-state index contributed by atoms with van der Waals surface area (Å²) >= 11 is 1.23. The molecule has 1 aromatic carbocycles. The molecule has 1 aromatic heterocycles. The van der Waals surface area contributed by atoms with Gasteiger partial charge in [0.25, 0.3) is 0 Å². The Labute approximate surface area is 157 Å². The second-order valence-electron chi connectivity index (χ2n) is 5.61. The molecule has 0 fully saturated rings. The molecule has 0 saturated heterocycles. The summed E-state index contributed by atoms with van der Waals surface area (Å²) in [4.78, 5) is 16.6. The molecule has 0 aliphatic carbocycles. The standard InChI is InChI=1S/C16H23N5O3S2/c1-5-21(6-2)26(23,24)14-9-13(8-7-11(14)3)19-15(22)12(4)25-16-17-10-18-20-16/h7-10,12H,5-6H2,1-4H3,(H,19,22)(H,17,18,20)/t12-/m0/s1. The van der Waals surface area contributed by atoms with Crippen LogP contribution in [0.1, 0.15) is 26.3 Å². The van der Waals surface area contributed by atoms with Gasteiger partial charge in [-0.1, -0.05) is 31.7 Å². The van der Waals surface area contributed by atoms with Crippen LogP contribution < -0.4 is 5.32 Å². The second-order valence-corrected chi connectivity index (χ2v) is 8.85. The van der Waals surface area contributed by atoms with Crippen LogP contribution in [0, 0.1) is 6.92 Å². The maximum atomic E-state index is 12.8. The molecular weight excluding hydrogens is 374 g/mol. The van der Waals surface area contributed by atoms with Crippen molar-refractivity contribution in [1.82, 2.24) is 19.5 Å². The molecule has 0 unspecified atom stereocenters. The molecule has 2 rings (SSSR count). The van der Waals surface area contributed by atoms with Crippen molar-refractivity contribution in [2.24, 2.45) is 0 Å². The Bertz CT molecular complexity index is 849. The summed E-state index contributed by atoms with van der Waals surface area (Å²) in [5.74, 6) is -0.249. The van der Waals surface area contributed by atoms with Gasteiger partial charge in [0.05, 0.1) is 10.1 Å². The van der Waals surface area contributed by atoms with Crippen molar-refractivity contribution in [2.45, 2.75) is 43.0 Å². The Morgan fingerprint density at radius 3 is 2.62 bits per heavy atom. The number of carbonyl (C=O) groups excluding carboxylic acids is 1. The smallest absolute Gasteiger partial charge is 0.243 e. The monoisotopic (exact) mass is 397 g/mol. The molecule has 0 saturated carbocycles. The summed E-state index contributed by atoms with van der Waals surface area (Å²) in [6.45, 7) is 7.85. The van der Waals surface area contributed by atoms with Crippen molar-refractivity contribution in [3.05, 3.63) is 30.1 Å². The van der Waals surface area contributed by atoms with Gasteiger partial charge in [0.1, 0.15) is 6.33 Å². The number of aryl methyl sites for hydroxylation is 1. The van der Waals surface area contributed by atoms with Crippen LogP contribution in [0.5, 0.6) is 0 Å². The fourth-order valence-electron chi connectivity index (χ4n) is 2.37. The number of amides is 1. The van der Waals surface area contributed by atoms with E-state index in [-0.39, 0.29) is 10.8 Å². The molecule has 1 heterocycles. The number of anilines is 1. The van der Waals surface area contributed by atoms with E-state index in [1.54, 1.807) is 39.8 Å². The molecule has 0 aliphatic rings. The summed E-state index contributed by atoms with van der Waals surface area (Å²) in [6.07, 6.45) is 1.37. The summed E-state index contributed by atoms with van der Waals surface area (Å²) in [6, 6.07) is 4.90. The first-order chi connectivity index (χ1) is 12.3. The molecule has 26 heavy (non-hydrogen) atoms. The molecule has 10 heteroatoms. The number of rotatable bonds is 8. The lowest BCUT2D eigenvalue weighted by Crippen LogP contribution is -2.31. The van der Waals surface area contributed by atoms with Crippen LogP contribution in [0.15, 0.2) is 34.6 Å². The topological polar surface area (TPSA) is 108 Å². The van der Waals surface area contributed by atoms with Gasteiger partial charge in [-0.15, -0.1) is 0 Å². The minimum atomic E-state index is -3.60. The Hall–Kier alpha value is -1.91. The number of thioether (sulfide) groups is 1. The lowest BCUT2D eigenvalue weighted by atomic mass is 10.2. The molecule has 0 aliphatic heterocycles. The van der Waals surface area contributed by atoms with Gasteiger partial charge < -0.3 is 5.32 Å². The normalized spacial score (nSPS) is 13.0. The number of aromatic nitrogens is 3. The second kappa shape index (κ2) is 8.65. The van der Waals surface area contributed by atoms with Crippen LogP contribution in [0.2, 0.25) is 0 Å². The Balaban J connectivity index is 2.20. The van der Waals surface area contributed by atoms with Crippen LogP contribution in [-0.4, -0.2) is 52.2 Å². The third kappa shape index (κ3) is 4.63. The third-order valence-electron chi connectivity index (χ3n) is 3.83. The first-order valence-corrected chi connectivity index (χ1v) is 10.5. The Kier molecular flexibility index (Phi) is 6.79. The predicted molar refractivity (Wildman–Crippen MR) is 102 cm³/mol. The Morgan fingerprint density at radius 1 is 1.35 bits per heavy atom. The van der Waals surface area contributed by atoms with Crippen LogP contribution in [0.3, 0.4) is 0 Å². The zero-order valence-electron chi connectivity index (χ0n) is 15.2. The van der Waals surface area contributed by atoms with E-state index >= 15 is 0 Å². The lowest BCUT2D eigenvalue weighted by molar-refractivity contribution is -0.115. The minimum absolute atomic E-state index is 0.203. The summed E-state index contributed by atoms with van der Waals surface area (Å²) in [5.41, 5.74) is 1.08. The number of aromatic amines is 1. The van der Waals surface area contributed by atoms with Crippen LogP contribution in [0.4, 0.5) is 5.69 Å². The third-order valence-corrected chi connectivity index (χ3v) is 7.01. The van der Waals surface area contributed by atoms with Crippen LogP contribution in [0.25, 0.3) is 0 Å². The quantitative estimate of drug-likeness (QED) is 0.662. The highest BCUT2D eigenvalue weighted by molar-refractivity contribution is 8.00. The molecule has 0 radical (unpaired) electrons. The number of nitrogens with one attached hydrogen (secondary N) is 2. The van der Waals surface area contributed by atoms with Gasteiger partial charge in [-0.2, -0.15) is 9.40 Å². The van der Waals surface area contributed by atoms with Gasteiger partial charge in [-0.3, -0.25) is 9.89 Å². The average molecular weight is 398 g/mol. The van der Waals surface area contributed by atoms with Crippen molar-refractivity contribution in [3.63, 3.8) is 0 Å². The predicted octanol–water partition coefficient (Wildman–Crippen LogP) is 2.26. The van der Waals surface area contributed by atoms with E-state index in [2.05, 4.69) is 20.5 Å². The van der Waals surface area contributed by atoms with Gasteiger partial charge in [0.15, 0.2) is 5.16 Å². The maximum absolute atomic E-state index is 12.8. The molecule has 142 valence electrons. The fraction of sp³-hybridized carbons (Fsp3) is 0.438. The first-order valence-electron chi connectivity index (χ1n) is 8.23. The highest BCUT2D eigenvalue weighted by atomic mass is 32.2. The van der Waals surface area contributed by atoms with Crippen molar-refractivity contribution in [1.29, 1.82) is 0 Å². The minimum Gasteiger partial charge on any atom is -0.325 e. The molecule has 0 bridgehead atoms. The van der Waals surface area contributed by atoms with E-state index in [1.165, 1.54) is 28.5 Å². The summed E-state index contributed by atoms with van der Waals surface area (Å²) < 4.78 is 27.0. The van der Waals surface area contributed by atoms with Crippen LogP contribution in [-0.2, 0) is 14.8 Å². The molecule has 1 amide bonds. The summed E-state index contributed by atoms with van der Waals surface area (Å²) in [5, 5.41) is 9.31. The highest BCUT2D eigenvalue weighted by Gasteiger charge is 2.24. The van der Waals surface area contributed by atoms with Gasteiger partial charge in [0, 0.05) is 18.8 Å². The number of hydrogen-bond acceptors (Lipinski definition) is 6. The number of carbonyl (C=O) groups is 1. The van der Waals surface area contributed by atoms with E-state index in [4.69, 9.17) is 0 Å². The van der Waals surface area contributed by atoms with E-state index in [9.17, 15) is 13.2 Å².